The molecule has 3 aromatic rings. The van der Waals surface area contributed by atoms with Gasteiger partial charge in [0.05, 0.1) is 28.1 Å². The average Bonchev–Trinajstić information content (AvgIpc) is 3.21. The van der Waals surface area contributed by atoms with Gasteiger partial charge in [-0.3, -0.25) is 19.3 Å². The van der Waals surface area contributed by atoms with E-state index in [1.54, 1.807) is 31.2 Å². The van der Waals surface area contributed by atoms with Crippen molar-refractivity contribution in [3.63, 3.8) is 0 Å². The molecule has 3 amide bonds. The number of nitrogens with one attached hydrogen (secondary N) is 1. The summed E-state index contributed by atoms with van der Waals surface area (Å²) in [5, 5.41) is 3.16. The van der Waals surface area contributed by atoms with Crippen LogP contribution in [-0.2, 0) is 19.1 Å². The van der Waals surface area contributed by atoms with E-state index in [0.717, 1.165) is 6.42 Å². The molecule has 3 aromatic carbocycles. The number of imide groups is 1. The molecule has 7 nitrogen and oxygen atoms in total. The van der Waals surface area contributed by atoms with Crippen LogP contribution in [-0.4, -0.2) is 30.3 Å². The molecule has 5 rings (SSSR count). The Balaban J connectivity index is 1.20. The lowest BCUT2D eigenvalue weighted by atomic mass is 9.73. The molecule has 0 unspecified atom stereocenters. The fraction of sp³-hybridized carbons (Fsp3) is 0.267. The van der Waals surface area contributed by atoms with Crippen molar-refractivity contribution in [1.29, 1.82) is 0 Å². The Labute approximate surface area is 239 Å². The Kier molecular flexibility index (Phi) is 7.86. The van der Waals surface area contributed by atoms with Crippen molar-refractivity contribution in [3.8, 4) is 0 Å². The molecule has 1 saturated carbocycles. The number of amides is 3. The molecule has 1 saturated heterocycles. The second kappa shape index (κ2) is 11.3. The van der Waals surface area contributed by atoms with Crippen molar-refractivity contribution >= 4 is 62.6 Å². The zero-order chi connectivity index (χ0) is 27.7. The Bertz CT molecular complexity index is 1440. The van der Waals surface area contributed by atoms with E-state index in [-0.39, 0.29) is 35.1 Å². The molecule has 9 heteroatoms. The molecule has 2 aliphatic rings. The summed E-state index contributed by atoms with van der Waals surface area (Å²) in [6.45, 7) is 1.28. The number of hydrogen-bond donors (Lipinski definition) is 1. The van der Waals surface area contributed by atoms with E-state index in [4.69, 9.17) is 16.3 Å². The molecular weight excluding hydrogens is 584 g/mol. The van der Waals surface area contributed by atoms with Gasteiger partial charge in [-0.2, -0.15) is 0 Å². The minimum absolute atomic E-state index is 0.188. The molecule has 39 heavy (non-hydrogen) atoms. The molecular formula is C30H26BrClN2O5. The van der Waals surface area contributed by atoms with E-state index in [9.17, 15) is 19.2 Å². The molecule has 0 bridgehead atoms. The SMILES string of the molecule is Cc1c(NC(=O)COC(=O)c2ccc(N3C(=O)[C@@H]4CC[C@@H](c5ccccc5)C[C@H]4C3=O)cc2)ccc(Br)c1Cl. The third-order valence-corrected chi connectivity index (χ3v) is 8.88. The minimum Gasteiger partial charge on any atom is -0.452 e. The summed E-state index contributed by atoms with van der Waals surface area (Å²) in [7, 11) is 0. The normalized spacial score (nSPS) is 20.5. The third kappa shape index (κ3) is 5.49. The number of carbonyl (C=O) groups is 4. The molecule has 1 aliphatic carbocycles. The summed E-state index contributed by atoms with van der Waals surface area (Å²) < 4.78 is 5.86. The number of carbonyl (C=O) groups excluding carboxylic acids is 4. The molecule has 200 valence electrons. The number of nitrogens with zero attached hydrogens (tertiary/aromatic N) is 1. The zero-order valence-corrected chi connectivity index (χ0v) is 23.5. The third-order valence-electron chi connectivity index (χ3n) is 7.51. The highest BCUT2D eigenvalue weighted by Gasteiger charge is 2.50. The highest BCUT2D eigenvalue weighted by atomic mass is 79.9. The van der Waals surface area contributed by atoms with Crippen LogP contribution in [0.25, 0.3) is 0 Å². The fourth-order valence-corrected chi connectivity index (χ4v) is 5.99. The van der Waals surface area contributed by atoms with E-state index < -0.39 is 18.5 Å². The lowest BCUT2D eigenvalue weighted by molar-refractivity contribution is -0.122. The van der Waals surface area contributed by atoms with Crippen LogP contribution in [0.3, 0.4) is 0 Å². The second-order valence-corrected chi connectivity index (χ2v) is 11.1. The van der Waals surface area contributed by atoms with Gasteiger partial charge in [0.25, 0.3) is 5.91 Å². The van der Waals surface area contributed by atoms with Gasteiger partial charge in [0.15, 0.2) is 6.61 Å². The van der Waals surface area contributed by atoms with E-state index in [2.05, 4.69) is 33.4 Å². The van der Waals surface area contributed by atoms with Crippen LogP contribution >= 0.6 is 27.5 Å². The summed E-state index contributed by atoms with van der Waals surface area (Å²) in [5.74, 6) is -1.99. The number of anilines is 2. The van der Waals surface area contributed by atoms with Crippen LogP contribution in [0.1, 0.15) is 46.7 Å². The number of hydrogen-bond acceptors (Lipinski definition) is 5. The van der Waals surface area contributed by atoms with E-state index in [0.29, 0.717) is 39.3 Å². The zero-order valence-electron chi connectivity index (χ0n) is 21.2. The molecule has 0 aromatic heterocycles. The van der Waals surface area contributed by atoms with Crippen molar-refractivity contribution in [3.05, 3.63) is 92.9 Å². The number of halogens is 2. The van der Waals surface area contributed by atoms with Crippen molar-refractivity contribution < 1.29 is 23.9 Å². The van der Waals surface area contributed by atoms with Crippen LogP contribution in [0.15, 0.2) is 71.2 Å². The van der Waals surface area contributed by atoms with Gasteiger partial charge >= 0.3 is 5.97 Å². The molecule has 0 spiro atoms. The summed E-state index contributed by atoms with van der Waals surface area (Å²) in [6.07, 6.45) is 2.18. The lowest BCUT2D eigenvalue weighted by Gasteiger charge is -2.28. The van der Waals surface area contributed by atoms with Crippen LogP contribution in [0.2, 0.25) is 5.02 Å². The van der Waals surface area contributed by atoms with E-state index >= 15 is 0 Å². The van der Waals surface area contributed by atoms with Crippen molar-refractivity contribution in [2.45, 2.75) is 32.1 Å². The van der Waals surface area contributed by atoms with Crippen molar-refractivity contribution in [1.82, 2.24) is 0 Å². The second-order valence-electron chi connectivity index (χ2n) is 9.85. The molecule has 1 aliphatic heterocycles. The minimum atomic E-state index is -0.694. The average molecular weight is 610 g/mol. The van der Waals surface area contributed by atoms with Crippen LogP contribution in [0.4, 0.5) is 11.4 Å². The monoisotopic (exact) mass is 608 g/mol. The smallest absolute Gasteiger partial charge is 0.338 e. The molecule has 1 N–H and O–H groups in total. The van der Waals surface area contributed by atoms with Crippen LogP contribution < -0.4 is 10.2 Å². The van der Waals surface area contributed by atoms with Crippen LogP contribution in [0.5, 0.6) is 0 Å². The lowest BCUT2D eigenvalue weighted by Crippen LogP contribution is -2.30. The number of benzene rings is 3. The summed E-state index contributed by atoms with van der Waals surface area (Å²) in [4.78, 5) is 52.5. The van der Waals surface area contributed by atoms with Gasteiger partial charge in [-0.25, -0.2) is 4.79 Å². The van der Waals surface area contributed by atoms with Crippen LogP contribution in [0, 0.1) is 18.8 Å². The quantitative estimate of drug-likeness (QED) is 0.262. The molecule has 1 heterocycles. The standard InChI is InChI=1S/C30H26BrClN2O5/c1-17-25(14-13-24(31)27(17)32)33-26(35)16-39-30(38)19-7-10-21(11-8-19)34-28(36)22-12-9-20(15-23(22)29(34)37)18-5-3-2-4-6-18/h2-8,10-11,13-14,20,22-23H,9,12,15-16H2,1H3,(H,33,35)/t20-,22-,23-/m1/s1. The molecule has 3 atom stereocenters. The molecule has 0 radical (unpaired) electrons. The maximum absolute atomic E-state index is 13.3. The predicted octanol–water partition coefficient (Wildman–Crippen LogP) is 6.28. The number of esters is 1. The van der Waals surface area contributed by atoms with E-state index in [1.165, 1.54) is 22.6 Å². The Morgan fingerprint density at radius 2 is 1.67 bits per heavy atom. The summed E-state index contributed by atoms with van der Waals surface area (Å²) in [5.41, 5.74) is 3.02. The first-order valence-corrected chi connectivity index (χ1v) is 13.9. The number of ether oxygens (including phenoxy) is 1. The molecule has 2 fully saturated rings. The van der Waals surface area contributed by atoms with Gasteiger partial charge in [0.1, 0.15) is 0 Å². The predicted molar refractivity (Wildman–Crippen MR) is 152 cm³/mol. The van der Waals surface area contributed by atoms with Crippen molar-refractivity contribution in [2.24, 2.45) is 11.8 Å². The summed E-state index contributed by atoms with van der Waals surface area (Å²) in [6, 6.07) is 19.6. The topological polar surface area (TPSA) is 92.8 Å². The maximum atomic E-state index is 13.3. The van der Waals surface area contributed by atoms with Gasteiger partial charge < -0.3 is 10.1 Å². The van der Waals surface area contributed by atoms with Gasteiger partial charge in [0, 0.05) is 10.2 Å². The first-order chi connectivity index (χ1) is 18.7. The van der Waals surface area contributed by atoms with Gasteiger partial charge in [0.2, 0.25) is 11.8 Å². The number of fused-ring (bicyclic) bond motifs is 1. The Morgan fingerprint density at radius 3 is 2.38 bits per heavy atom. The van der Waals surface area contributed by atoms with Gasteiger partial charge in [-0.05, 0) is 95.6 Å². The highest BCUT2D eigenvalue weighted by molar-refractivity contribution is 9.10. The Morgan fingerprint density at radius 1 is 0.974 bits per heavy atom. The van der Waals surface area contributed by atoms with Crippen molar-refractivity contribution in [2.75, 3.05) is 16.8 Å². The maximum Gasteiger partial charge on any atom is 0.338 e. The van der Waals surface area contributed by atoms with Gasteiger partial charge in [-0.15, -0.1) is 0 Å². The largest absolute Gasteiger partial charge is 0.452 e. The first kappa shape index (κ1) is 27.1. The summed E-state index contributed by atoms with van der Waals surface area (Å²) >= 11 is 9.52. The first-order valence-electron chi connectivity index (χ1n) is 12.7. The Hall–Kier alpha value is -3.49. The van der Waals surface area contributed by atoms with Gasteiger partial charge in [-0.1, -0.05) is 41.9 Å². The fourth-order valence-electron chi connectivity index (χ4n) is 5.40. The highest BCUT2D eigenvalue weighted by Crippen LogP contribution is 2.45. The van der Waals surface area contributed by atoms with E-state index in [1.807, 2.05) is 18.2 Å². The number of rotatable bonds is 6.